The Morgan fingerprint density at radius 1 is 1.50 bits per heavy atom. The molecule has 4 N–H and O–H groups in total. The maximum atomic E-state index is 10.3. The van der Waals surface area contributed by atoms with E-state index >= 15 is 0 Å². The van der Waals surface area contributed by atoms with Gasteiger partial charge in [0.15, 0.2) is 0 Å². The summed E-state index contributed by atoms with van der Waals surface area (Å²) in [4.78, 5) is 10.3. The topological polar surface area (TPSA) is 75.3 Å². The van der Waals surface area contributed by atoms with Crippen molar-refractivity contribution in [3.8, 4) is 5.75 Å². The third-order valence-corrected chi connectivity index (χ3v) is 2.32. The second-order valence-corrected chi connectivity index (χ2v) is 3.32. The molecule has 0 atom stereocenters. The summed E-state index contributed by atoms with van der Waals surface area (Å²) in [5.41, 5.74) is 7.93. The average molecular weight is 220 g/mol. The number of hydrogen-bond donors (Lipinski definition) is 3. The summed E-state index contributed by atoms with van der Waals surface area (Å²) >= 11 is 0. The predicted molar refractivity (Wildman–Crippen MR) is 65.5 cm³/mol. The van der Waals surface area contributed by atoms with Crippen LogP contribution in [0.5, 0.6) is 5.75 Å². The van der Waals surface area contributed by atoms with Crippen molar-refractivity contribution in [2.75, 3.05) is 18.9 Å². The highest BCUT2D eigenvalue weighted by Crippen LogP contribution is 2.31. The number of phenols is 1. The van der Waals surface area contributed by atoms with Crippen LogP contribution in [0.1, 0.15) is 11.1 Å². The molecule has 0 saturated heterocycles. The first-order valence-corrected chi connectivity index (χ1v) is 5.09. The first kappa shape index (κ1) is 12.3. The van der Waals surface area contributed by atoms with Crippen LogP contribution in [-0.4, -0.2) is 25.0 Å². The highest BCUT2D eigenvalue weighted by atomic mass is 16.3. The van der Waals surface area contributed by atoms with Crippen LogP contribution in [0.4, 0.5) is 5.69 Å². The first-order chi connectivity index (χ1) is 7.74. The molecule has 0 heterocycles. The van der Waals surface area contributed by atoms with Gasteiger partial charge in [-0.05, 0) is 36.7 Å². The summed E-state index contributed by atoms with van der Waals surface area (Å²) in [6, 6.07) is 3.43. The van der Waals surface area contributed by atoms with Crippen molar-refractivity contribution in [3.05, 3.63) is 29.3 Å². The molecule has 0 aliphatic heterocycles. The summed E-state index contributed by atoms with van der Waals surface area (Å²) in [7, 11) is 1.72. The van der Waals surface area contributed by atoms with Gasteiger partial charge in [-0.2, -0.15) is 0 Å². The van der Waals surface area contributed by atoms with Gasteiger partial charge in [-0.1, -0.05) is 6.07 Å². The van der Waals surface area contributed by atoms with Crippen molar-refractivity contribution in [3.63, 3.8) is 0 Å². The van der Waals surface area contributed by atoms with E-state index in [0.717, 1.165) is 11.1 Å². The van der Waals surface area contributed by atoms with Crippen molar-refractivity contribution < 1.29 is 9.90 Å². The fourth-order valence-electron chi connectivity index (χ4n) is 1.61. The van der Waals surface area contributed by atoms with E-state index in [0.29, 0.717) is 24.9 Å². The first-order valence-electron chi connectivity index (χ1n) is 5.09. The normalized spacial score (nSPS) is 10.6. The fourth-order valence-corrected chi connectivity index (χ4v) is 1.61. The monoisotopic (exact) mass is 220 g/mol. The molecule has 86 valence electrons. The molecular weight excluding hydrogens is 204 g/mol. The Morgan fingerprint density at radius 2 is 2.25 bits per heavy atom. The van der Waals surface area contributed by atoms with Crippen LogP contribution in [0.2, 0.25) is 0 Å². The number of hydrogen-bond acceptors (Lipinski definition) is 4. The van der Waals surface area contributed by atoms with Gasteiger partial charge >= 0.3 is 0 Å². The Hall–Kier alpha value is -1.81. The highest BCUT2D eigenvalue weighted by molar-refractivity contribution is 5.81. The second-order valence-electron chi connectivity index (χ2n) is 3.32. The molecular formula is C12H16N2O2. The lowest BCUT2D eigenvalue weighted by atomic mass is 10.0. The van der Waals surface area contributed by atoms with Gasteiger partial charge in [0, 0.05) is 12.6 Å². The molecule has 0 aliphatic carbocycles. The van der Waals surface area contributed by atoms with Gasteiger partial charge < -0.3 is 16.2 Å². The van der Waals surface area contributed by atoms with Crippen LogP contribution >= 0.6 is 0 Å². The lowest BCUT2D eigenvalue weighted by molar-refractivity contribution is -0.104. The van der Waals surface area contributed by atoms with Gasteiger partial charge in [-0.25, -0.2) is 0 Å². The lowest BCUT2D eigenvalue weighted by Crippen LogP contribution is -2.05. The van der Waals surface area contributed by atoms with E-state index < -0.39 is 0 Å². The Kier molecular flexibility index (Phi) is 4.54. The van der Waals surface area contributed by atoms with Crippen LogP contribution in [0.15, 0.2) is 18.2 Å². The molecule has 0 unspecified atom stereocenters. The number of benzene rings is 1. The molecule has 1 rings (SSSR count). The quantitative estimate of drug-likeness (QED) is 0.395. The highest BCUT2D eigenvalue weighted by Gasteiger charge is 2.08. The molecule has 4 nitrogen and oxygen atoms in total. The Morgan fingerprint density at radius 3 is 2.81 bits per heavy atom. The summed E-state index contributed by atoms with van der Waals surface area (Å²) in [5.74, 6) is 0.161. The third kappa shape index (κ3) is 2.61. The molecule has 0 fully saturated rings. The minimum Gasteiger partial charge on any atom is -0.506 e. The smallest absolute Gasteiger partial charge is 0.142 e. The number of aldehydes is 1. The standard InChI is InChI=1S/C12H16N2O2/c1-14-12-10(3-2-8-15)9(6-7-13)4-5-11(12)16/h2-5,8,14,16H,6-7,13H2,1H3/b3-2-. The van der Waals surface area contributed by atoms with Gasteiger partial charge in [0.2, 0.25) is 0 Å². The molecule has 16 heavy (non-hydrogen) atoms. The van der Waals surface area contributed by atoms with Gasteiger partial charge in [0.25, 0.3) is 0 Å². The molecule has 0 saturated carbocycles. The van der Waals surface area contributed by atoms with Crippen molar-refractivity contribution >= 4 is 18.0 Å². The Labute approximate surface area is 94.8 Å². The number of nitrogens with two attached hydrogens (primary N) is 1. The maximum absolute atomic E-state index is 10.3. The van der Waals surface area contributed by atoms with Crippen molar-refractivity contribution in [2.45, 2.75) is 6.42 Å². The van der Waals surface area contributed by atoms with Gasteiger partial charge in [-0.15, -0.1) is 0 Å². The van der Waals surface area contributed by atoms with Gasteiger partial charge in [-0.3, -0.25) is 4.79 Å². The SMILES string of the molecule is CNc1c(O)ccc(CCN)c1/C=C\C=O. The summed E-state index contributed by atoms with van der Waals surface area (Å²) < 4.78 is 0. The number of allylic oxidation sites excluding steroid dienone is 1. The number of carbonyl (C=O) groups is 1. The number of anilines is 1. The van der Waals surface area contributed by atoms with Crippen LogP contribution in [0, 0.1) is 0 Å². The van der Waals surface area contributed by atoms with Crippen molar-refractivity contribution in [1.29, 1.82) is 0 Å². The second kappa shape index (κ2) is 5.92. The van der Waals surface area contributed by atoms with Crippen molar-refractivity contribution in [1.82, 2.24) is 0 Å². The number of carbonyl (C=O) groups excluding carboxylic acids is 1. The Bertz CT molecular complexity index is 400. The molecule has 0 spiro atoms. The van der Waals surface area contributed by atoms with E-state index in [1.165, 1.54) is 6.08 Å². The van der Waals surface area contributed by atoms with E-state index in [9.17, 15) is 9.90 Å². The van der Waals surface area contributed by atoms with Crippen LogP contribution < -0.4 is 11.1 Å². The zero-order valence-corrected chi connectivity index (χ0v) is 9.23. The minimum absolute atomic E-state index is 0.161. The molecule has 0 radical (unpaired) electrons. The van der Waals surface area contributed by atoms with Gasteiger partial charge in [0.05, 0.1) is 5.69 Å². The predicted octanol–water partition coefficient (Wildman–Crippen LogP) is 1.15. The molecule has 4 heteroatoms. The van der Waals surface area contributed by atoms with E-state index in [1.807, 2.05) is 6.07 Å². The molecule has 0 aliphatic rings. The molecule has 1 aromatic carbocycles. The summed E-state index contributed by atoms with van der Waals surface area (Å²) in [6.45, 7) is 0.524. The van der Waals surface area contributed by atoms with E-state index in [4.69, 9.17) is 5.73 Å². The lowest BCUT2D eigenvalue weighted by Gasteiger charge is -2.12. The average Bonchev–Trinajstić information content (AvgIpc) is 2.29. The number of rotatable bonds is 5. The number of aromatic hydroxyl groups is 1. The van der Waals surface area contributed by atoms with E-state index in [2.05, 4.69) is 5.32 Å². The zero-order valence-electron chi connectivity index (χ0n) is 9.23. The fraction of sp³-hybridized carbons (Fsp3) is 0.250. The van der Waals surface area contributed by atoms with E-state index in [-0.39, 0.29) is 5.75 Å². The minimum atomic E-state index is 0.161. The summed E-state index contributed by atoms with van der Waals surface area (Å²) in [6.07, 6.45) is 4.47. The van der Waals surface area contributed by atoms with Crippen LogP contribution in [0.3, 0.4) is 0 Å². The summed E-state index contributed by atoms with van der Waals surface area (Å²) in [5, 5.41) is 12.6. The van der Waals surface area contributed by atoms with Gasteiger partial charge in [0.1, 0.15) is 12.0 Å². The van der Waals surface area contributed by atoms with Crippen molar-refractivity contribution in [2.24, 2.45) is 5.73 Å². The Balaban J connectivity index is 3.28. The molecule has 0 bridgehead atoms. The molecule has 0 amide bonds. The third-order valence-electron chi connectivity index (χ3n) is 2.32. The largest absolute Gasteiger partial charge is 0.506 e. The number of nitrogens with one attached hydrogen (secondary N) is 1. The van der Waals surface area contributed by atoms with E-state index in [1.54, 1.807) is 19.2 Å². The van der Waals surface area contributed by atoms with Crippen LogP contribution in [0.25, 0.3) is 6.08 Å². The van der Waals surface area contributed by atoms with Crippen LogP contribution in [-0.2, 0) is 11.2 Å². The molecule has 1 aromatic rings. The molecule has 0 aromatic heterocycles. The number of phenolic OH excluding ortho intramolecular Hbond substituents is 1. The zero-order chi connectivity index (χ0) is 12.0. The maximum Gasteiger partial charge on any atom is 0.142 e.